The molecular formula is C13H16F2N2O4S. The van der Waals surface area contributed by atoms with Crippen molar-refractivity contribution in [2.45, 2.75) is 26.0 Å². The molecule has 1 aromatic carbocycles. The van der Waals surface area contributed by atoms with Crippen molar-refractivity contribution in [3.63, 3.8) is 0 Å². The van der Waals surface area contributed by atoms with Crippen LogP contribution < -0.4 is 15.4 Å². The predicted octanol–water partition coefficient (Wildman–Crippen LogP) is 1.91. The molecule has 0 saturated carbocycles. The minimum absolute atomic E-state index is 0.0313. The molecule has 6 nitrogen and oxygen atoms in total. The zero-order valence-corrected chi connectivity index (χ0v) is 12.6. The lowest BCUT2D eigenvalue weighted by Gasteiger charge is -2.15. The Labute approximate surface area is 126 Å². The summed E-state index contributed by atoms with van der Waals surface area (Å²) < 4.78 is 51.5. The summed E-state index contributed by atoms with van der Waals surface area (Å²) in [6, 6.07) is 3.36. The number of ether oxygens (including phenoxy) is 1. The Morgan fingerprint density at radius 3 is 2.73 bits per heavy atom. The molecule has 1 aliphatic heterocycles. The fourth-order valence-electron chi connectivity index (χ4n) is 2.23. The van der Waals surface area contributed by atoms with Gasteiger partial charge in [-0.3, -0.25) is 0 Å². The van der Waals surface area contributed by atoms with Crippen LogP contribution in [0, 0.1) is 6.92 Å². The smallest absolute Gasteiger partial charge is 0.387 e. The van der Waals surface area contributed by atoms with E-state index in [1.807, 2.05) is 0 Å². The molecule has 2 N–H and O–H groups in total. The number of urea groups is 1. The zero-order valence-electron chi connectivity index (χ0n) is 11.8. The summed E-state index contributed by atoms with van der Waals surface area (Å²) >= 11 is 0. The van der Waals surface area contributed by atoms with Crippen LogP contribution >= 0.6 is 0 Å². The number of sulfone groups is 1. The Kier molecular flexibility index (Phi) is 4.84. The van der Waals surface area contributed by atoms with Crippen LogP contribution in [-0.4, -0.2) is 38.6 Å². The van der Waals surface area contributed by atoms with Gasteiger partial charge in [0.1, 0.15) is 5.75 Å². The van der Waals surface area contributed by atoms with Crippen molar-refractivity contribution < 1.29 is 26.7 Å². The summed E-state index contributed by atoms with van der Waals surface area (Å²) in [6.07, 6.45) is 0.364. The SMILES string of the molecule is Cc1c(NC(=O)NC2CCS(=O)(=O)C2)cccc1OC(F)F. The maximum absolute atomic E-state index is 12.3. The average Bonchev–Trinajstić information content (AvgIpc) is 2.73. The van der Waals surface area contributed by atoms with E-state index in [1.54, 1.807) is 6.07 Å². The molecule has 2 amide bonds. The molecule has 22 heavy (non-hydrogen) atoms. The first-order valence-corrected chi connectivity index (χ1v) is 8.41. The predicted molar refractivity (Wildman–Crippen MR) is 77.0 cm³/mol. The summed E-state index contributed by atoms with van der Waals surface area (Å²) in [7, 11) is -3.09. The second-order valence-electron chi connectivity index (χ2n) is 5.01. The molecule has 0 aromatic heterocycles. The highest BCUT2D eigenvalue weighted by atomic mass is 32.2. The van der Waals surface area contributed by atoms with Crippen molar-refractivity contribution in [3.8, 4) is 5.75 Å². The summed E-state index contributed by atoms with van der Waals surface area (Å²) in [4.78, 5) is 11.9. The molecule has 1 unspecified atom stereocenters. The lowest BCUT2D eigenvalue weighted by Crippen LogP contribution is -2.38. The van der Waals surface area contributed by atoms with Crippen molar-refractivity contribution in [3.05, 3.63) is 23.8 Å². The summed E-state index contributed by atoms with van der Waals surface area (Å²) in [6.45, 7) is -1.42. The van der Waals surface area contributed by atoms with E-state index in [9.17, 15) is 22.0 Å². The van der Waals surface area contributed by atoms with E-state index in [-0.39, 0.29) is 17.3 Å². The quantitative estimate of drug-likeness (QED) is 0.881. The Hall–Kier alpha value is -1.90. The normalized spacial score (nSPS) is 19.9. The topological polar surface area (TPSA) is 84.5 Å². The van der Waals surface area contributed by atoms with Gasteiger partial charge >= 0.3 is 12.6 Å². The molecular weight excluding hydrogens is 318 g/mol. The van der Waals surface area contributed by atoms with Crippen molar-refractivity contribution >= 4 is 21.6 Å². The lowest BCUT2D eigenvalue weighted by atomic mass is 10.2. The zero-order chi connectivity index (χ0) is 16.3. The number of carbonyl (C=O) groups is 1. The van der Waals surface area contributed by atoms with Gasteiger partial charge in [0, 0.05) is 17.3 Å². The van der Waals surface area contributed by atoms with E-state index in [0.29, 0.717) is 17.7 Å². The van der Waals surface area contributed by atoms with Crippen LogP contribution in [-0.2, 0) is 9.84 Å². The van der Waals surface area contributed by atoms with Gasteiger partial charge < -0.3 is 15.4 Å². The van der Waals surface area contributed by atoms with Gasteiger partial charge in [0.2, 0.25) is 0 Å². The third-order valence-electron chi connectivity index (χ3n) is 3.32. The first-order valence-electron chi connectivity index (χ1n) is 6.59. The van der Waals surface area contributed by atoms with Gasteiger partial charge in [-0.05, 0) is 25.5 Å². The fourth-order valence-corrected chi connectivity index (χ4v) is 3.90. The van der Waals surface area contributed by atoms with Crippen molar-refractivity contribution in [2.75, 3.05) is 16.8 Å². The third kappa shape index (κ3) is 4.30. The Morgan fingerprint density at radius 2 is 2.14 bits per heavy atom. The summed E-state index contributed by atoms with van der Waals surface area (Å²) in [5.74, 6) is -0.0703. The van der Waals surface area contributed by atoms with Crippen molar-refractivity contribution in [1.29, 1.82) is 0 Å². The summed E-state index contributed by atoms with van der Waals surface area (Å²) in [5, 5.41) is 5.06. The highest BCUT2D eigenvalue weighted by Crippen LogP contribution is 2.26. The maximum Gasteiger partial charge on any atom is 0.387 e. The van der Waals surface area contributed by atoms with Gasteiger partial charge in [-0.15, -0.1) is 0 Å². The third-order valence-corrected chi connectivity index (χ3v) is 5.08. The molecule has 0 bridgehead atoms. The second-order valence-corrected chi connectivity index (χ2v) is 7.23. The second kappa shape index (κ2) is 6.47. The van der Waals surface area contributed by atoms with Crippen LogP contribution in [0.4, 0.5) is 19.3 Å². The van der Waals surface area contributed by atoms with Crippen LogP contribution in [0.3, 0.4) is 0 Å². The molecule has 0 radical (unpaired) electrons. The monoisotopic (exact) mass is 334 g/mol. The molecule has 1 aromatic rings. The van der Waals surface area contributed by atoms with Gasteiger partial charge in [-0.2, -0.15) is 8.78 Å². The van der Waals surface area contributed by atoms with E-state index < -0.39 is 28.5 Å². The molecule has 2 rings (SSSR count). The van der Waals surface area contributed by atoms with E-state index in [4.69, 9.17) is 0 Å². The standard InChI is InChI=1S/C13H16F2N2O4S/c1-8-10(3-2-4-11(8)21-12(14)15)17-13(18)16-9-5-6-22(19,20)7-9/h2-4,9,12H,5-7H2,1H3,(H2,16,17,18). The van der Waals surface area contributed by atoms with Crippen molar-refractivity contribution in [2.24, 2.45) is 0 Å². The highest BCUT2D eigenvalue weighted by molar-refractivity contribution is 7.91. The first kappa shape index (κ1) is 16.5. The number of rotatable bonds is 4. The number of anilines is 1. The number of alkyl halides is 2. The molecule has 9 heteroatoms. The number of benzene rings is 1. The molecule has 0 spiro atoms. The minimum atomic E-state index is -3.09. The number of hydrogen-bond acceptors (Lipinski definition) is 4. The summed E-state index contributed by atoms with van der Waals surface area (Å²) in [5.41, 5.74) is 0.675. The maximum atomic E-state index is 12.3. The van der Waals surface area contributed by atoms with Gasteiger partial charge in [0.25, 0.3) is 0 Å². The number of hydrogen-bond donors (Lipinski definition) is 2. The molecule has 1 heterocycles. The molecule has 0 aliphatic carbocycles. The lowest BCUT2D eigenvalue weighted by molar-refractivity contribution is -0.0502. The number of amides is 2. The molecule has 1 aliphatic rings. The van der Waals surface area contributed by atoms with Crippen molar-refractivity contribution in [1.82, 2.24) is 5.32 Å². The van der Waals surface area contributed by atoms with E-state index >= 15 is 0 Å². The molecule has 122 valence electrons. The Morgan fingerprint density at radius 1 is 1.41 bits per heavy atom. The largest absolute Gasteiger partial charge is 0.434 e. The molecule has 1 saturated heterocycles. The Balaban J connectivity index is 2.00. The minimum Gasteiger partial charge on any atom is -0.434 e. The number of halogens is 2. The van der Waals surface area contributed by atoms with Crippen LogP contribution in [0.5, 0.6) is 5.75 Å². The fraction of sp³-hybridized carbons (Fsp3) is 0.462. The van der Waals surface area contributed by atoms with Gasteiger partial charge in [-0.1, -0.05) is 6.07 Å². The highest BCUT2D eigenvalue weighted by Gasteiger charge is 2.29. The van der Waals surface area contributed by atoms with Crippen LogP contribution in [0.25, 0.3) is 0 Å². The average molecular weight is 334 g/mol. The first-order chi connectivity index (χ1) is 10.3. The Bertz CT molecular complexity index is 664. The van der Waals surface area contributed by atoms with E-state index in [1.165, 1.54) is 19.1 Å². The van der Waals surface area contributed by atoms with Gasteiger partial charge in [0.05, 0.1) is 11.5 Å². The number of nitrogens with one attached hydrogen (secondary N) is 2. The van der Waals surface area contributed by atoms with E-state index in [2.05, 4.69) is 15.4 Å². The van der Waals surface area contributed by atoms with Crippen LogP contribution in [0.2, 0.25) is 0 Å². The van der Waals surface area contributed by atoms with E-state index in [0.717, 1.165) is 0 Å². The van der Waals surface area contributed by atoms with Crippen LogP contribution in [0.1, 0.15) is 12.0 Å². The van der Waals surface area contributed by atoms with Crippen LogP contribution in [0.15, 0.2) is 18.2 Å². The molecule has 1 atom stereocenters. The van der Waals surface area contributed by atoms with Gasteiger partial charge in [-0.25, -0.2) is 13.2 Å². The number of carbonyl (C=O) groups excluding carboxylic acids is 1. The van der Waals surface area contributed by atoms with Gasteiger partial charge in [0.15, 0.2) is 9.84 Å². The molecule has 1 fully saturated rings.